The molecular formula is C15H14F2N2O2. The van der Waals surface area contributed by atoms with Gasteiger partial charge < -0.3 is 15.7 Å². The highest BCUT2D eigenvalue weighted by Gasteiger charge is 2.07. The fourth-order valence-corrected chi connectivity index (χ4v) is 1.74. The highest BCUT2D eigenvalue weighted by molar-refractivity contribution is 5.89. The molecule has 0 aromatic heterocycles. The van der Waals surface area contributed by atoms with Crippen LogP contribution in [0.4, 0.5) is 19.3 Å². The van der Waals surface area contributed by atoms with E-state index in [0.29, 0.717) is 19.0 Å². The van der Waals surface area contributed by atoms with Crippen molar-refractivity contribution in [3.8, 4) is 5.75 Å². The van der Waals surface area contributed by atoms with Gasteiger partial charge in [-0.3, -0.25) is 0 Å². The number of phenols is 1. The number of hydrogen-bond donors (Lipinski definition) is 3. The van der Waals surface area contributed by atoms with Gasteiger partial charge in [-0.2, -0.15) is 0 Å². The lowest BCUT2D eigenvalue weighted by Crippen LogP contribution is -2.30. The van der Waals surface area contributed by atoms with Crippen LogP contribution >= 0.6 is 0 Å². The molecule has 2 rings (SSSR count). The van der Waals surface area contributed by atoms with Crippen LogP contribution in [0.1, 0.15) is 5.56 Å². The SMILES string of the molecule is O=C(NCCc1ccc(O)cc1)Nc1ccc(F)cc1F. The number of aromatic hydroxyl groups is 1. The van der Waals surface area contributed by atoms with Crippen LogP contribution in [0.15, 0.2) is 42.5 Å². The Morgan fingerprint density at radius 1 is 1.10 bits per heavy atom. The van der Waals surface area contributed by atoms with Gasteiger partial charge in [-0.1, -0.05) is 12.1 Å². The molecule has 21 heavy (non-hydrogen) atoms. The third kappa shape index (κ3) is 4.45. The van der Waals surface area contributed by atoms with E-state index >= 15 is 0 Å². The number of anilines is 1. The topological polar surface area (TPSA) is 61.4 Å². The zero-order valence-corrected chi connectivity index (χ0v) is 11.1. The van der Waals surface area contributed by atoms with Crippen molar-refractivity contribution in [1.82, 2.24) is 5.32 Å². The zero-order valence-electron chi connectivity index (χ0n) is 11.1. The summed E-state index contributed by atoms with van der Waals surface area (Å²) in [7, 11) is 0. The fourth-order valence-electron chi connectivity index (χ4n) is 1.74. The molecule has 2 aromatic rings. The van der Waals surface area contributed by atoms with E-state index in [9.17, 15) is 13.6 Å². The average molecular weight is 292 g/mol. The molecule has 3 N–H and O–H groups in total. The van der Waals surface area contributed by atoms with Gasteiger partial charge in [0.1, 0.15) is 17.4 Å². The Balaban J connectivity index is 1.81. The van der Waals surface area contributed by atoms with Crippen LogP contribution in [-0.4, -0.2) is 17.7 Å². The molecule has 0 fully saturated rings. The van der Waals surface area contributed by atoms with Crippen molar-refractivity contribution in [3.05, 3.63) is 59.7 Å². The maximum atomic E-state index is 13.3. The third-order valence-corrected chi connectivity index (χ3v) is 2.81. The summed E-state index contributed by atoms with van der Waals surface area (Å²) in [5.41, 5.74) is 0.861. The second-order valence-corrected chi connectivity index (χ2v) is 4.42. The van der Waals surface area contributed by atoms with Gasteiger partial charge in [-0.15, -0.1) is 0 Å². The van der Waals surface area contributed by atoms with Gasteiger partial charge in [0.2, 0.25) is 0 Å². The molecule has 6 heteroatoms. The van der Waals surface area contributed by atoms with Crippen molar-refractivity contribution in [2.45, 2.75) is 6.42 Å². The summed E-state index contributed by atoms with van der Waals surface area (Å²) in [5, 5.41) is 14.0. The molecule has 2 amide bonds. The monoisotopic (exact) mass is 292 g/mol. The van der Waals surface area contributed by atoms with Crippen LogP contribution < -0.4 is 10.6 Å². The quantitative estimate of drug-likeness (QED) is 0.811. The first-order chi connectivity index (χ1) is 10.0. The largest absolute Gasteiger partial charge is 0.508 e. The van der Waals surface area contributed by atoms with E-state index in [-0.39, 0.29) is 11.4 Å². The predicted octanol–water partition coefficient (Wildman–Crippen LogP) is 3.03. The van der Waals surface area contributed by atoms with E-state index in [1.165, 1.54) is 0 Å². The summed E-state index contributed by atoms with van der Waals surface area (Å²) in [4.78, 5) is 11.6. The highest BCUT2D eigenvalue weighted by Crippen LogP contribution is 2.14. The molecule has 0 aliphatic rings. The molecule has 0 radical (unpaired) electrons. The van der Waals surface area contributed by atoms with E-state index in [1.54, 1.807) is 24.3 Å². The molecule has 0 bridgehead atoms. The van der Waals surface area contributed by atoms with Crippen molar-refractivity contribution in [3.63, 3.8) is 0 Å². The van der Waals surface area contributed by atoms with Crippen LogP contribution in [0.2, 0.25) is 0 Å². The summed E-state index contributed by atoms with van der Waals surface area (Å²) in [6.07, 6.45) is 0.569. The number of rotatable bonds is 4. The molecule has 0 saturated heterocycles. The lowest BCUT2D eigenvalue weighted by atomic mass is 10.1. The summed E-state index contributed by atoms with van der Waals surface area (Å²) in [5.74, 6) is -1.36. The minimum absolute atomic E-state index is 0.0847. The Bertz CT molecular complexity index is 630. The number of carbonyl (C=O) groups is 1. The zero-order chi connectivity index (χ0) is 15.2. The van der Waals surface area contributed by atoms with E-state index in [0.717, 1.165) is 17.7 Å². The van der Waals surface area contributed by atoms with E-state index < -0.39 is 17.7 Å². The van der Waals surface area contributed by atoms with Crippen molar-refractivity contribution in [2.24, 2.45) is 0 Å². The first-order valence-corrected chi connectivity index (χ1v) is 6.32. The second-order valence-electron chi connectivity index (χ2n) is 4.42. The van der Waals surface area contributed by atoms with Gasteiger partial charge in [-0.25, -0.2) is 13.6 Å². The third-order valence-electron chi connectivity index (χ3n) is 2.81. The maximum absolute atomic E-state index is 13.3. The number of nitrogens with one attached hydrogen (secondary N) is 2. The van der Waals surface area contributed by atoms with E-state index in [2.05, 4.69) is 10.6 Å². The lowest BCUT2D eigenvalue weighted by molar-refractivity contribution is 0.252. The molecule has 0 aliphatic carbocycles. The molecule has 0 spiro atoms. The van der Waals surface area contributed by atoms with Crippen LogP contribution in [0, 0.1) is 11.6 Å². The van der Waals surface area contributed by atoms with Gasteiger partial charge >= 0.3 is 6.03 Å². The molecule has 4 nitrogen and oxygen atoms in total. The van der Waals surface area contributed by atoms with Crippen LogP contribution in [0.5, 0.6) is 5.75 Å². The van der Waals surface area contributed by atoms with Gasteiger partial charge in [0.15, 0.2) is 0 Å². The predicted molar refractivity (Wildman–Crippen MR) is 75.2 cm³/mol. The first-order valence-electron chi connectivity index (χ1n) is 6.32. The Kier molecular flexibility index (Phi) is 4.71. The molecule has 0 heterocycles. The summed E-state index contributed by atoms with van der Waals surface area (Å²) >= 11 is 0. The van der Waals surface area contributed by atoms with Crippen molar-refractivity contribution in [1.29, 1.82) is 0 Å². The molecule has 0 unspecified atom stereocenters. The minimum Gasteiger partial charge on any atom is -0.508 e. The fraction of sp³-hybridized carbons (Fsp3) is 0.133. The van der Waals surface area contributed by atoms with Crippen LogP contribution in [0.3, 0.4) is 0 Å². The summed E-state index contributed by atoms with van der Waals surface area (Å²) in [6, 6.07) is 8.96. The number of halogens is 2. The van der Waals surface area contributed by atoms with E-state index in [4.69, 9.17) is 5.11 Å². The molecule has 0 atom stereocenters. The van der Waals surface area contributed by atoms with Gasteiger partial charge in [-0.05, 0) is 36.2 Å². The number of amides is 2. The molecule has 2 aromatic carbocycles. The van der Waals surface area contributed by atoms with Crippen molar-refractivity contribution < 1.29 is 18.7 Å². The summed E-state index contributed by atoms with van der Waals surface area (Å²) < 4.78 is 26.0. The van der Waals surface area contributed by atoms with Gasteiger partial charge in [0.05, 0.1) is 5.69 Å². The number of hydrogen-bond acceptors (Lipinski definition) is 2. The number of urea groups is 1. The van der Waals surface area contributed by atoms with Crippen molar-refractivity contribution >= 4 is 11.7 Å². The van der Waals surface area contributed by atoms with E-state index in [1.807, 2.05) is 0 Å². The second kappa shape index (κ2) is 6.69. The molecule has 110 valence electrons. The normalized spacial score (nSPS) is 10.2. The smallest absolute Gasteiger partial charge is 0.319 e. The molecule has 0 saturated carbocycles. The maximum Gasteiger partial charge on any atom is 0.319 e. The minimum atomic E-state index is -0.830. The Hall–Kier alpha value is -2.63. The standard InChI is InChI=1S/C15H14F2N2O2/c16-11-3-6-14(13(17)9-11)19-15(21)18-8-7-10-1-4-12(20)5-2-10/h1-6,9,20H,7-8H2,(H2,18,19,21). The first kappa shape index (κ1) is 14.8. The Morgan fingerprint density at radius 2 is 1.81 bits per heavy atom. The van der Waals surface area contributed by atoms with Crippen molar-refractivity contribution in [2.75, 3.05) is 11.9 Å². The number of phenolic OH excluding ortho intramolecular Hbond substituents is 1. The molecule has 0 aliphatic heterocycles. The Morgan fingerprint density at radius 3 is 2.48 bits per heavy atom. The Labute approximate surface area is 120 Å². The average Bonchev–Trinajstić information content (AvgIpc) is 2.44. The number of carbonyl (C=O) groups excluding carboxylic acids is 1. The lowest BCUT2D eigenvalue weighted by Gasteiger charge is -2.08. The van der Waals surface area contributed by atoms with Crippen LogP contribution in [0.25, 0.3) is 0 Å². The number of benzene rings is 2. The summed E-state index contributed by atoms with van der Waals surface area (Å²) in [6.45, 7) is 0.347. The van der Waals surface area contributed by atoms with Gasteiger partial charge in [0, 0.05) is 12.6 Å². The van der Waals surface area contributed by atoms with Crippen LogP contribution in [-0.2, 0) is 6.42 Å². The van der Waals surface area contributed by atoms with Gasteiger partial charge in [0.25, 0.3) is 0 Å². The highest BCUT2D eigenvalue weighted by atomic mass is 19.1. The molecular weight excluding hydrogens is 278 g/mol.